The van der Waals surface area contributed by atoms with E-state index in [2.05, 4.69) is 5.32 Å². The molecule has 5 rings (SSSR count). The molecular formula is C26H19NO4. The van der Waals surface area contributed by atoms with Gasteiger partial charge in [-0.25, -0.2) is 0 Å². The van der Waals surface area contributed by atoms with Gasteiger partial charge in [0.2, 0.25) is 11.6 Å². The number of fused-ring (bicyclic) bond motifs is 2. The highest BCUT2D eigenvalue weighted by molar-refractivity contribution is 6.15. The third-order valence-electron chi connectivity index (χ3n) is 5.24. The molecule has 5 nitrogen and oxygen atoms in total. The highest BCUT2D eigenvalue weighted by Crippen LogP contribution is 2.32. The second-order valence-corrected chi connectivity index (χ2v) is 7.42. The summed E-state index contributed by atoms with van der Waals surface area (Å²) in [6, 6.07) is 23.9. The molecule has 0 spiro atoms. The summed E-state index contributed by atoms with van der Waals surface area (Å²) in [6.45, 7) is 1.93. The number of furan rings is 2. The van der Waals surface area contributed by atoms with E-state index in [1.807, 2.05) is 61.5 Å². The zero-order valence-electron chi connectivity index (χ0n) is 16.8. The Bertz CT molecular complexity index is 1390. The number of hydrogen-bond donors (Lipinski definition) is 1. The van der Waals surface area contributed by atoms with Crippen LogP contribution in [0.4, 0.5) is 5.69 Å². The number of nitrogens with one attached hydrogen (secondary N) is 1. The number of hydrogen-bond acceptors (Lipinski definition) is 5. The number of para-hydroxylation sites is 2. The molecule has 0 aliphatic heterocycles. The smallest absolute Gasteiger partial charge is 0.230 e. The van der Waals surface area contributed by atoms with Gasteiger partial charge in [-0.1, -0.05) is 60.2 Å². The van der Waals surface area contributed by atoms with Crippen molar-refractivity contribution in [3.8, 4) is 0 Å². The summed E-state index contributed by atoms with van der Waals surface area (Å²) in [5.74, 6) is 0.000438. The van der Waals surface area contributed by atoms with E-state index in [-0.39, 0.29) is 29.6 Å². The number of carbonyl (C=O) groups excluding carboxylic acids is 2. The Morgan fingerprint density at radius 3 is 2.32 bits per heavy atom. The summed E-state index contributed by atoms with van der Waals surface area (Å²) in [5, 5.41) is 4.73. The van der Waals surface area contributed by atoms with Crippen molar-refractivity contribution < 1.29 is 18.4 Å². The lowest BCUT2D eigenvalue weighted by molar-refractivity contribution is 0.0978. The van der Waals surface area contributed by atoms with Crippen molar-refractivity contribution in [3.63, 3.8) is 0 Å². The molecule has 0 aliphatic rings. The van der Waals surface area contributed by atoms with Gasteiger partial charge in [0.25, 0.3) is 0 Å². The molecule has 0 aliphatic carbocycles. The van der Waals surface area contributed by atoms with E-state index in [0.29, 0.717) is 22.4 Å². The first-order valence-electron chi connectivity index (χ1n) is 9.99. The highest BCUT2D eigenvalue weighted by atomic mass is 16.3. The topological polar surface area (TPSA) is 72.5 Å². The minimum absolute atomic E-state index is 0.0302. The average Bonchev–Trinajstić information content (AvgIpc) is 3.39. The van der Waals surface area contributed by atoms with E-state index in [4.69, 9.17) is 8.83 Å². The van der Waals surface area contributed by atoms with Crippen LogP contribution < -0.4 is 5.32 Å². The number of carbonyl (C=O) groups is 2. The first kappa shape index (κ1) is 18.9. The number of Topliss-reactive ketones (excluding diaryl/α,β-unsaturated/α-hetero) is 1. The van der Waals surface area contributed by atoms with Gasteiger partial charge in [0.15, 0.2) is 11.5 Å². The summed E-state index contributed by atoms with van der Waals surface area (Å²) < 4.78 is 11.6. The van der Waals surface area contributed by atoms with Crippen LogP contribution in [-0.2, 0) is 0 Å². The Labute approximate surface area is 178 Å². The number of aryl methyl sites for hydroxylation is 1. The van der Waals surface area contributed by atoms with E-state index >= 15 is 0 Å². The van der Waals surface area contributed by atoms with Crippen LogP contribution in [0.15, 0.2) is 87.7 Å². The average molecular weight is 409 g/mol. The molecule has 2 heterocycles. The quantitative estimate of drug-likeness (QED) is 0.348. The van der Waals surface area contributed by atoms with Crippen LogP contribution in [0.25, 0.3) is 21.9 Å². The molecule has 0 atom stereocenters. The molecular weight excluding hydrogens is 390 g/mol. The van der Waals surface area contributed by atoms with Gasteiger partial charge in [-0.2, -0.15) is 0 Å². The summed E-state index contributed by atoms with van der Waals surface area (Å²) in [5.41, 5.74) is 3.34. The van der Waals surface area contributed by atoms with E-state index in [1.165, 1.54) is 0 Å². The van der Waals surface area contributed by atoms with Crippen LogP contribution in [0.1, 0.15) is 32.2 Å². The first-order chi connectivity index (χ1) is 15.1. The number of benzene rings is 3. The minimum atomic E-state index is -0.241. The fourth-order valence-corrected chi connectivity index (χ4v) is 3.59. The second kappa shape index (κ2) is 7.61. The zero-order valence-corrected chi connectivity index (χ0v) is 16.8. The predicted molar refractivity (Wildman–Crippen MR) is 120 cm³/mol. The number of anilines is 1. The zero-order chi connectivity index (χ0) is 21.4. The summed E-state index contributed by atoms with van der Waals surface area (Å²) in [7, 11) is 0. The molecule has 0 saturated heterocycles. The Balaban J connectivity index is 1.47. The molecule has 0 fully saturated rings. The van der Waals surface area contributed by atoms with Gasteiger partial charge < -0.3 is 14.2 Å². The fraction of sp³-hybridized carbons (Fsp3) is 0.0769. The van der Waals surface area contributed by atoms with E-state index in [9.17, 15) is 9.59 Å². The number of ketones is 2. The predicted octanol–water partition coefficient (Wildman–Crippen LogP) is 6.01. The van der Waals surface area contributed by atoms with Gasteiger partial charge in [-0.15, -0.1) is 0 Å². The molecule has 5 heteroatoms. The maximum absolute atomic E-state index is 13.1. The van der Waals surface area contributed by atoms with Gasteiger partial charge in [0.1, 0.15) is 11.2 Å². The van der Waals surface area contributed by atoms with Crippen molar-refractivity contribution in [2.24, 2.45) is 0 Å². The minimum Gasteiger partial charge on any atom is -0.453 e. The first-order valence-corrected chi connectivity index (χ1v) is 9.99. The summed E-state index contributed by atoms with van der Waals surface area (Å²) >= 11 is 0. The van der Waals surface area contributed by atoms with Crippen LogP contribution >= 0.6 is 0 Å². The molecule has 1 N–H and O–H groups in total. The third-order valence-corrected chi connectivity index (χ3v) is 5.24. The van der Waals surface area contributed by atoms with Crippen LogP contribution in [0, 0.1) is 6.92 Å². The monoisotopic (exact) mass is 409 g/mol. The largest absolute Gasteiger partial charge is 0.453 e. The molecule has 0 saturated carbocycles. The van der Waals surface area contributed by atoms with Crippen molar-refractivity contribution >= 4 is 39.2 Å². The van der Waals surface area contributed by atoms with Gasteiger partial charge in [0.05, 0.1) is 12.2 Å². The van der Waals surface area contributed by atoms with Gasteiger partial charge in [0, 0.05) is 16.3 Å². The summed E-state index contributed by atoms with van der Waals surface area (Å²) in [6.07, 6.45) is 0. The van der Waals surface area contributed by atoms with Crippen molar-refractivity contribution in [3.05, 3.63) is 102 Å². The lowest BCUT2D eigenvalue weighted by atomic mass is 10.1. The van der Waals surface area contributed by atoms with Gasteiger partial charge in [-0.3, -0.25) is 9.59 Å². The third kappa shape index (κ3) is 3.51. The maximum Gasteiger partial charge on any atom is 0.230 e. The van der Waals surface area contributed by atoms with Gasteiger partial charge >= 0.3 is 0 Å². The fourth-order valence-electron chi connectivity index (χ4n) is 3.59. The maximum atomic E-state index is 13.1. The lowest BCUT2D eigenvalue weighted by Gasteiger charge is -2.06. The lowest BCUT2D eigenvalue weighted by Crippen LogP contribution is -2.15. The standard InChI is InChI=1S/C26H19NO4/c1-16-10-12-17(13-11-16)25(29)26-24(19-7-3-5-9-22(19)31-26)27-15-20(28)23-14-18-6-2-4-8-21(18)30-23/h2-14,27H,15H2,1H3. The Hall–Kier alpha value is -4.12. The highest BCUT2D eigenvalue weighted by Gasteiger charge is 2.23. The molecule has 152 valence electrons. The molecule has 5 aromatic rings. The molecule has 0 amide bonds. The van der Waals surface area contributed by atoms with Crippen LogP contribution in [0.5, 0.6) is 0 Å². The normalized spacial score (nSPS) is 11.1. The Morgan fingerprint density at radius 1 is 0.839 bits per heavy atom. The Kier molecular flexibility index (Phi) is 4.64. The molecule has 0 unspecified atom stereocenters. The van der Waals surface area contributed by atoms with Gasteiger partial charge in [-0.05, 0) is 31.2 Å². The van der Waals surface area contributed by atoms with E-state index < -0.39 is 0 Å². The molecule has 0 bridgehead atoms. The SMILES string of the molecule is Cc1ccc(C(=O)c2oc3ccccc3c2NCC(=O)c2cc3ccccc3o2)cc1. The molecule has 2 aromatic heterocycles. The molecule has 3 aromatic carbocycles. The second-order valence-electron chi connectivity index (χ2n) is 7.42. The van der Waals surface area contributed by atoms with Crippen LogP contribution in [-0.4, -0.2) is 18.1 Å². The number of rotatable bonds is 6. The molecule has 31 heavy (non-hydrogen) atoms. The van der Waals surface area contributed by atoms with Crippen molar-refractivity contribution in [1.82, 2.24) is 0 Å². The Morgan fingerprint density at radius 2 is 1.55 bits per heavy atom. The van der Waals surface area contributed by atoms with Crippen LogP contribution in [0.2, 0.25) is 0 Å². The van der Waals surface area contributed by atoms with Crippen molar-refractivity contribution in [2.45, 2.75) is 6.92 Å². The van der Waals surface area contributed by atoms with E-state index in [0.717, 1.165) is 16.3 Å². The van der Waals surface area contributed by atoms with Crippen molar-refractivity contribution in [2.75, 3.05) is 11.9 Å². The molecule has 0 radical (unpaired) electrons. The summed E-state index contributed by atoms with van der Waals surface area (Å²) in [4.78, 5) is 25.9. The van der Waals surface area contributed by atoms with E-state index in [1.54, 1.807) is 24.3 Å². The van der Waals surface area contributed by atoms with Crippen molar-refractivity contribution in [1.29, 1.82) is 0 Å². The van der Waals surface area contributed by atoms with Crippen LogP contribution in [0.3, 0.4) is 0 Å².